The summed E-state index contributed by atoms with van der Waals surface area (Å²) < 4.78 is 9.81. The number of hydrogen-bond donors (Lipinski definition) is 2. The summed E-state index contributed by atoms with van der Waals surface area (Å²) in [6.45, 7) is 4.69. The molecule has 0 atom stereocenters. The Hall–Kier alpha value is -3.75. The Morgan fingerprint density at radius 3 is 2.55 bits per heavy atom. The minimum absolute atomic E-state index is 0.155. The Kier molecular flexibility index (Phi) is 5.58. The van der Waals surface area contributed by atoms with Crippen molar-refractivity contribution < 1.29 is 23.6 Å². The molecule has 0 radical (unpaired) electrons. The van der Waals surface area contributed by atoms with Gasteiger partial charge in [-0.1, -0.05) is 17.3 Å². The molecule has 150 valence electrons. The number of nitrogens with one attached hydrogen (secondary N) is 2. The van der Waals surface area contributed by atoms with Crippen molar-refractivity contribution >= 4 is 23.3 Å². The van der Waals surface area contributed by atoms with Gasteiger partial charge in [0.1, 0.15) is 0 Å². The van der Waals surface area contributed by atoms with Crippen LogP contribution in [0.2, 0.25) is 0 Å². The number of amides is 1. The lowest BCUT2D eigenvalue weighted by atomic mass is 10.1. The zero-order valence-electron chi connectivity index (χ0n) is 16.5. The number of anilines is 1. The van der Waals surface area contributed by atoms with Crippen LogP contribution in [-0.2, 0) is 16.0 Å². The van der Waals surface area contributed by atoms with Crippen LogP contribution in [0.1, 0.15) is 44.9 Å². The van der Waals surface area contributed by atoms with Gasteiger partial charge in [-0.25, -0.2) is 4.79 Å². The molecule has 0 bridgehead atoms. The maximum atomic E-state index is 12.7. The predicted octanol–water partition coefficient (Wildman–Crippen LogP) is 2.85. The number of para-hydroxylation sites is 1. The maximum absolute atomic E-state index is 12.7. The molecule has 0 aliphatic heterocycles. The van der Waals surface area contributed by atoms with Gasteiger partial charge in [0.05, 0.1) is 30.5 Å². The van der Waals surface area contributed by atoms with E-state index in [0.717, 1.165) is 0 Å². The summed E-state index contributed by atoms with van der Waals surface area (Å²) in [5.74, 6) is -0.487. The third kappa shape index (κ3) is 4.08. The van der Waals surface area contributed by atoms with Gasteiger partial charge < -0.3 is 19.6 Å². The highest BCUT2D eigenvalue weighted by Gasteiger charge is 2.24. The van der Waals surface area contributed by atoms with Crippen LogP contribution >= 0.6 is 0 Å². The van der Waals surface area contributed by atoms with Crippen LogP contribution in [0.25, 0.3) is 11.4 Å². The highest BCUT2D eigenvalue weighted by atomic mass is 16.5. The first-order chi connectivity index (χ1) is 13.8. The van der Waals surface area contributed by atoms with Crippen molar-refractivity contribution in [1.82, 2.24) is 15.1 Å². The second-order valence-corrected chi connectivity index (χ2v) is 6.43. The van der Waals surface area contributed by atoms with Gasteiger partial charge in [0.2, 0.25) is 17.6 Å². The molecule has 0 saturated heterocycles. The minimum atomic E-state index is -0.614. The fourth-order valence-electron chi connectivity index (χ4n) is 3.07. The van der Waals surface area contributed by atoms with Crippen LogP contribution in [0.4, 0.5) is 5.69 Å². The van der Waals surface area contributed by atoms with Gasteiger partial charge in [0.25, 0.3) is 0 Å². The molecular formula is C20H20N4O5. The van der Waals surface area contributed by atoms with E-state index in [1.54, 1.807) is 38.1 Å². The lowest BCUT2D eigenvalue weighted by Gasteiger charge is -2.09. The Morgan fingerprint density at radius 1 is 1.21 bits per heavy atom. The van der Waals surface area contributed by atoms with Crippen molar-refractivity contribution in [2.45, 2.75) is 27.2 Å². The zero-order chi connectivity index (χ0) is 21.1. The quantitative estimate of drug-likeness (QED) is 0.484. The Labute approximate surface area is 166 Å². The molecule has 9 nitrogen and oxygen atoms in total. The van der Waals surface area contributed by atoms with Crippen LogP contribution in [-0.4, -0.2) is 39.9 Å². The molecule has 0 spiro atoms. The van der Waals surface area contributed by atoms with E-state index in [0.29, 0.717) is 34.2 Å². The number of ketones is 1. The fraction of sp³-hybridized carbons (Fsp3) is 0.250. The number of esters is 1. The molecular weight excluding hydrogens is 376 g/mol. The Balaban J connectivity index is 1.88. The van der Waals surface area contributed by atoms with E-state index in [1.165, 1.54) is 14.0 Å². The number of aromatic nitrogens is 3. The van der Waals surface area contributed by atoms with E-state index in [1.807, 2.05) is 0 Å². The van der Waals surface area contributed by atoms with E-state index >= 15 is 0 Å². The van der Waals surface area contributed by atoms with Gasteiger partial charge in [-0.2, -0.15) is 4.98 Å². The van der Waals surface area contributed by atoms with Crippen molar-refractivity contribution in [1.29, 1.82) is 0 Å². The minimum Gasteiger partial charge on any atom is -0.465 e. The number of carbonyl (C=O) groups is 3. The maximum Gasteiger partial charge on any atom is 0.339 e. The van der Waals surface area contributed by atoms with Crippen molar-refractivity contribution in [3.05, 3.63) is 52.7 Å². The van der Waals surface area contributed by atoms with E-state index in [-0.39, 0.29) is 29.4 Å². The molecule has 3 aromatic rings. The van der Waals surface area contributed by atoms with E-state index in [2.05, 4.69) is 20.4 Å². The third-order valence-electron chi connectivity index (χ3n) is 4.38. The summed E-state index contributed by atoms with van der Waals surface area (Å²) in [5, 5.41) is 6.67. The fourth-order valence-corrected chi connectivity index (χ4v) is 3.07. The van der Waals surface area contributed by atoms with Crippen molar-refractivity contribution in [2.75, 3.05) is 12.4 Å². The summed E-state index contributed by atoms with van der Waals surface area (Å²) in [4.78, 5) is 43.7. The van der Waals surface area contributed by atoms with Gasteiger partial charge in [0, 0.05) is 25.1 Å². The number of nitrogens with zero attached hydrogens (tertiary/aromatic N) is 2. The lowest BCUT2D eigenvalue weighted by Crippen LogP contribution is -2.17. The molecule has 1 amide bonds. The van der Waals surface area contributed by atoms with Gasteiger partial charge in [-0.15, -0.1) is 0 Å². The molecule has 1 aromatic carbocycles. The number of benzene rings is 1. The molecule has 0 saturated carbocycles. The number of aromatic amines is 1. The lowest BCUT2D eigenvalue weighted by molar-refractivity contribution is -0.115. The number of hydrogen-bond acceptors (Lipinski definition) is 7. The average molecular weight is 396 g/mol. The SMILES string of the molecule is COC(=O)c1c(CC(=O)Nc2ccccc2-c2noc(C)n2)[nH]c(C(C)=O)c1C. The van der Waals surface area contributed by atoms with Crippen LogP contribution in [0.15, 0.2) is 28.8 Å². The normalized spacial score (nSPS) is 10.6. The molecule has 0 aliphatic carbocycles. The zero-order valence-corrected chi connectivity index (χ0v) is 16.5. The molecule has 2 heterocycles. The summed E-state index contributed by atoms with van der Waals surface area (Å²) in [6, 6.07) is 7.02. The summed E-state index contributed by atoms with van der Waals surface area (Å²) in [7, 11) is 1.25. The summed E-state index contributed by atoms with van der Waals surface area (Å²) >= 11 is 0. The molecule has 0 unspecified atom stereocenters. The number of H-pyrrole nitrogens is 1. The standard InChI is InChI=1S/C20H20N4O5/c1-10-17(20(27)28-4)15(23-18(10)11(2)25)9-16(26)22-14-8-6-5-7-13(14)19-21-12(3)29-24-19/h5-8,23H,9H2,1-4H3,(H,22,26). The number of ether oxygens (including phenoxy) is 1. The number of aryl methyl sites for hydroxylation is 1. The number of carbonyl (C=O) groups excluding carboxylic acids is 3. The van der Waals surface area contributed by atoms with Crippen molar-refractivity contribution in [3.8, 4) is 11.4 Å². The first kappa shape index (κ1) is 20.0. The van der Waals surface area contributed by atoms with Gasteiger partial charge in [-0.05, 0) is 24.6 Å². The van der Waals surface area contributed by atoms with Gasteiger partial charge >= 0.3 is 5.97 Å². The largest absolute Gasteiger partial charge is 0.465 e. The van der Waals surface area contributed by atoms with E-state index in [4.69, 9.17) is 9.26 Å². The number of rotatable bonds is 6. The number of Topliss-reactive ketones (excluding diaryl/α,β-unsaturated/α-hetero) is 1. The van der Waals surface area contributed by atoms with Crippen LogP contribution < -0.4 is 5.32 Å². The summed E-state index contributed by atoms with van der Waals surface area (Å²) in [5.41, 5.74) is 2.32. The van der Waals surface area contributed by atoms with Gasteiger partial charge in [0.15, 0.2) is 5.78 Å². The van der Waals surface area contributed by atoms with E-state index < -0.39 is 5.97 Å². The highest BCUT2D eigenvalue weighted by Crippen LogP contribution is 2.26. The average Bonchev–Trinajstić information content (AvgIpc) is 3.25. The van der Waals surface area contributed by atoms with Crippen LogP contribution in [0.5, 0.6) is 0 Å². The first-order valence-corrected chi connectivity index (χ1v) is 8.82. The molecule has 2 aromatic heterocycles. The van der Waals surface area contributed by atoms with E-state index in [9.17, 15) is 14.4 Å². The van der Waals surface area contributed by atoms with Crippen LogP contribution in [0.3, 0.4) is 0 Å². The molecule has 9 heteroatoms. The predicted molar refractivity (Wildman–Crippen MR) is 104 cm³/mol. The highest BCUT2D eigenvalue weighted by molar-refractivity contribution is 6.02. The van der Waals surface area contributed by atoms with Crippen molar-refractivity contribution in [3.63, 3.8) is 0 Å². The Morgan fingerprint density at radius 2 is 1.93 bits per heavy atom. The third-order valence-corrected chi connectivity index (χ3v) is 4.38. The first-order valence-electron chi connectivity index (χ1n) is 8.82. The Bertz CT molecular complexity index is 1100. The monoisotopic (exact) mass is 396 g/mol. The second kappa shape index (κ2) is 8.09. The molecule has 2 N–H and O–H groups in total. The number of methoxy groups -OCH3 is 1. The molecule has 29 heavy (non-hydrogen) atoms. The van der Waals surface area contributed by atoms with Crippen molar-refractivity contribution in [2.24, 2.45) is 0 Å². The smallest absolute Gasteiger partial charge is 0.339 e. The second-order valence-electron chi connectivity index (χ2n) is 6.43. The summed E-state index contributed by atoms with van der Waals surface area (Å²) in [6.07, 6.45) is -0.155. The topological polar surface area (TPSA) is 127 Å². The molecule has 0 aliphatic rings. The van der Waals surface area contributed by atoms with Gasteiger partial charge in [-0.3, -0.25) is 9.59 Å². The molecule has 3 rings (SSSR count). The molecule has 0 fully saturated rings. The van der Waals surface area contributed by atoms with Crippen LogP contribution in [0, 0.1) is 13.8 Å².